The highest BCUT2D eigenvalue weighted by Gasteiger charge is 2.35. The molecule has 1 aliphatic heterocycles. The van der Waals surface area contributed by atoms with E-state index in [9.17, 15) is 26.4 Å². The van der Waals surface area contributed by atoms with Gasteiger partial charge >= 0.3 is 6.18 Å². The van der Waals surface area contributed by atoms with Crippen LogP contribution in [0.2, 0.25) is 0 Å². The minimum atomic E-state index is -4.79. The Morgan fingerprint density at radius 2 is 1.89 bits per heavy atom. The average Bonchev–Trinajstić information content (AvgIpc) is 2.84. The summed E-state index contributed by atoms with van der Waals surface area (Å²) in [6.07, 6.45) is -6.12. The first-order valence-electron chi connectivity index (χ1n) is 12.7. The Hall–Kier alpha value is -3.47. The van der Waals surface area contributed by atoms with E-state index in [2.05, 4.69) is 14.7 Å². The number of fused-ring (bicyclic) bond motifs is 6. The molecule has 0 fully saturated rings. The van der Waals surface area contributed by atoms with Gasteiger partial charge < -0.3 is 9.69 Å². The largest absolute Gasteiger partial charge is 0.418 e. The van der Waals surface area contributed by atoms with Crippen molar-refractivity contribution in [1.82, 2.24) is 9.97 Å². The van der Waals surface area contributed by atoms with Gasteiger partial charge in [-0.3, -0.25) is 4.72 Å². The molecule has 4 rings (SSSR count). The zero-order valence-electron chi connectivity index (χ0n) is 22.0. The maximum Gasteiger partial charge on any atom is 0.418 e. The summed E-state index contributed by atoms with van der Waals surface area (Å²) >= 11 is 0. The molecule has 0 saturated heterocycles. The standard InChI is InChI=1S/C26H27F3N4O3S/c1-18(34)8-7-17-33-16-5-4-10-19-9-2-3-11-20(19)25-21(26(27,28)29)14-15-22(30-25)32-37(35,36)24-13-6-12-23(33)31-24/h2-3,6,9,11-15H,4-5,7-8,10,16-17H2,1H3,(H,30,32)/i4D2. The summed E-state index contributed by atoms with van der Waals surface area (Å²) in [5, 5.41) is -0.377. The van der Waals surface area contributed by atoms with Crippen molar-refractivity contribution in [3.05, 3.63) is 65.7 Å². The monoisotopic (exact) mass is 534 g/mol. The first kappa shape index (κ1) is 23.9. The smallest absolute Gasteiger partial charge is 0.357 e. The molecule has 2 aromatic heterocycles. The first-order valence-corrected chi connectivity index (χ1v) is 13.1. The van der Waals surface area contributed by atoms with Gasteiger partial charge in [0.1, 0.15) is 17.4 Å². The Morgan fingerprint density at radius 3 is 2.65 bits per heavy atom. The lowest BCUT2D eigenvalue weighted by molar-refractivity contribution is -0.137. The van der Waals surface area contributed by atoms with Crippen LogP contribution in [0.3, 0.4) is 0 Å². The van der Waals surface area contributed by atoms with E-state index < -0.39 is 33.8 Å². The highest BCUT2D eigenvalue weighted by atomic mass is 32.2. The number of carbonyl (C=O) groups excluding carboxylic acids is 1. The number of Topliss-reactive ketones (excluding diaryl/α,β-unsaturated/α-hetero) is 1. The van der Waals surface area contributed by atoms with Crippen molar-refractivity contribution in [3.8, 4) is 11.3 Å². The van der Waals surface area contributed by atoms with Gasteiger partial charge in [0.15, 0.2) is 5.03 Å². The lowest BCUT2D eigenvalue weighted by Gasteiger charge is -2.24. The van der Waals surface area contributed by atoms with Crippen molar-refractivity contribution in [2.24, 2.45) is 0 Å². The van der Waals surface area contributed by atoms with Gasteiger partial charge in [-0.05, 0) is 62.4 Å². The van der Waals surface area contributed by atoms with E-state index in [-0.39, 0.29) is 47.4 Å². The highest BCUT2D eigenvalue weighted by molar-refractivity contribution is 7.92. The fourth-order valence-corrected chi connectivity index (χ4v) is 5.04. The molecule has 196 valence electrons. The number of alkyl halides is 3. The molecule has 0 radical (unpaired) electrons. The maximum absolute atomic E-state index is 14.0. The Kier molecular flexibility index (Phi) is 7.03. The molecule has 1 aliphatic rings. The van der Waals surface area contributed by atoms with Crippen molar-refractivity contribution in [1.29, 1.82) is 0 Å². The molecule has 3 aromatic rings. The average molecular weight is 535 g/mol. The number of sulfonamides is 1. The number of aryl methyl sites for hydroxylation is 1. The summed E-state index contributed by atoms with van der Waals surface area (Å²) in [4.78, 5) is 21.5. The lowest BCUT2D eigenvalue weighted by atomic mass is 9.96. The normalized spacial score (nSPS) is 17.8. The third kappa shape index (κ3) is 6.46. The minimum absolute atomic E-state index is 0.0127. The Bertz CT molecular complexity index is 1480. The molecule has 4 bridgehead atoms. The predicted octanol–water partition coefficient (Wildman–Crippen LogP) is 5.48. The molecular formula is C26H27F3N4O3S. The number of carbonyl (C=O) groups is 1. The molecule has 0 unspecified atom stereocenters. The van der Waals surface area contributed by atoms with Crippen LogP contribution in [0, 0.1) is 0 Å². The fraction of sp³-hybridized carbons (Fsp3) is 0.346. The number of halogens is 3. The molecule has 0 atom stereocenters. The number of hydrogen-bond acceptors (Lipinski definition) is 6. The predicted molar refractivity (Wildman–Crippen MR) is 135 cm³/mol. The van der Waals surface area contributed by atoms with Crippen molar-refractivity contribution >= 4 is 27.4 Å². The molecule has 0 saturated carbocycles. The number of hydrogen-bond donors (Lipinski definition) is 1. The van der Waals surface area contributed by atoms with Crippen LogP contribution >= 0.6 is 0 Å². The number of pyridine rings is 2. The summed E-state index contributed by atoms with van der Waals surface area (Å²) in [5.41, 5.74) is -1.21. The van der Waals surface area contributed by atoms with E-state index >= 15 is 0 Å². The van der Waals surface area contributed by atoms with Crippen LogP contribution in [-0.4, -0.2) is 37.3 Å². The number of ketones is 1. The third-order valence-electron chi connectivity index (χ3n) is 5.85. The SMILES string of the molecule is [2H]C1([2H])CCN(CCCC(C)=O)c2cccc(n2)S(=O)(=O)Nc2ccc(C(F)(F)F)c(n2)-c2ccccc2C1. The highest BCUT2D eigenvalue weighted by Crippen LogP contribution is 2.38. The van der Waals surface area contributed by atoms with Gasteiger partial charge in [-0.1, -0.05) is 30.3 Å². The molecule has 0 amide bonds. The number of nitrogens with one attached hydrogen (secondary N) is 1. The molecule has 0 spiro atoms. The number of anilines is 2. The summed E-state index contributed by atoms with van der Waals surface area (Å²) in [6, 6.07) is 12.1. The molecule has 1 aromatic carbocycles. The molecule has 7 nitrogen and oxygen atoms in total. The van der Waals surface area contributed by atoms with Crippen LogP contribution in [0.25, 0.3) is 11.3 Å². The van der Waals surface area contributed by atoms with Crippen molar-refractivity contribution in [2.75, 3.05) is 22.7 Å². The maximum atomic E-state index is 14.0. The second-order valence-corrected chi connectivity index (χ2v) is 10.3. The Morgan fingerprint density at radius 1 is 1.11 bits per heavy atom. The molecule has 3 heterocycles. The van der Waals surface area contributed by atoms with E-state index in [0.717, 1.165) is 12.1 Å². The topological polar surface area (TPSA) is 92.3 Å². The molecule has 0 aliphatic carbocycles. The van der Waals surface area contributed by atoms with Gasteiger partial charge in [0, 0.05) is 27.8 Å². The number of benzene rings is 1. The van der Waals surface area contributed by atoms with Crippen LogP contribution < -0.4 is 9.62 Å². The van der Waals surface area contributed by atoms with Crippen molar-refractivity contribution in [3.63, 3.8) is 0 Å². The molecule has 11 heteroatoms. The van der Waals surface area contributed by atoms with Crippen LogP contribution in [0.1, 0.15) is 46.4 Å². The zero-order valence-corrected chi connectivity index (χ0v) is 20.9. The zero-order chi connectivity index (χ0) is 28.4. The van der Waals surface area contributed by atoms with Crippen LogP contribution in [-0.2, 0) is 27.4 Å². The van der Waals surface area contributed by atoms with E-state index in [1.165, 1.54) is 31.2 Å². The second-order valence-electron chi connectivity index (χ2n) is 8.66. The van der Waals surface area contributed by atoms with Crippen LogP contribution in [0.15, 0.2) is 59.6 Å². The van der Waals surface area contributed by atoms with E-state index in [1.807, 2.05) is 0 Å². The molecule has 1 N–H and O–H groups in total. The fourth-order valence-electron chi connectivity index (χ4n) is 4.07. The first-order chi connectivity index (χ1) is 18.2. The summed E-state index contributed by atoms with van der Waals surface area (Å²) in [5.74, 6) is -0.0778. The minimum Gasteiger partial charge on any atom is -0.357 e. The van der Waals surface area contributed by atoms with Crippen molar-refractivity contribution < 1.29 is 29.1 Å². The van der Waals surface area contributed by atoms with E-state index in [1.54, 1.807) is 23.1 Å². The van der Waals surface area contributed by atoms with Gasteiger partial charge in [-0.25, -0.2) is 9.97 Å². The molecule has 37 heavy (non-hydrogen) atoms. The number of aromatic nitrogens is 2. The van der Waals surface area contributed by atoms with E-state index in [0.29, 0.717) is 24.9 Å². The van der Waals surface area contributed by atoms with Crippen LogP contribution in [0.4, 0.5) is 24.8 Å². The lowest BCUT2D eigenvalue weighted by Crippen LogP contribution is -2.28. The second kappa shape index (κ2) is 10.9. The number of nitrogens with zero attached hydrogens (tertiary/aromatic N) is 3. The summed E-state index contributed by atoms with van der Waals surface area (Å²) in [7, 11) is -4.34. The number of rotatable bonds is 4. The van der Waals surface area contributed by atoms with Gasteiger partial charge in [-0.15, -0.1) is 0 Å². The van der Waals surface area contributed by atoms with Gasteiger partial charge in [0.2, 0.25) is 0 Å². The van der Waals surface area contributed by atoms with Crippen LogP contribution in [0.5, 0.6) is 0 Å². The molecular weight excluding hydrogens is 505 g/mol. The van der Waals surface area contributed by atoms with Gasteiger partial charge in [-0.2, -0.15) is 21.6 Å². The quantitative estimate of drug-likeness (QED) is 0.477. The summed E-state index contributed by atoms with van der Waals surface area (Å²) < 4.78 is 87.9. The van der Waals surface area contributed by atoms with Crippen molar-refractivity contribution in [2.45, 2.75) is 50.2 Å². The summed E-state index contributed by atoms with van der Waals surface area (Å²) in [6.45, 7) is 1.93. The third-order valence-corrected chi connectivity index (χ3v) is 7.11. The van der Waals surface area contributed by atoms with Gasteiger partial charge in [0.05, 0.1) is 11.3 Å². The van der Waals surface area contributed by atoms with E-state index in [4.69, 9.17) is 2.74 Å². The van der Waals surface area contributed by atoms with Gasteiger partial charge in [0.25, 0.3) is 10.0 Å². The Balaban J connectivity index is 1.87. The Labute approximate surface area is 216 Å².